The SMILES string of the molecule is CCN(CC1CC1)C(=O)C1Cc2ccccc2CN1. The van der Waals surface area contributed by atoms with Gasteiger partial charge in [0, 0.05) is 19.6 Å². The van der Waals surface area contributed by atoms with E-state index in [0.717, 1.165) is 32.0 Å². The zero-order chi connectivity index (χ0) is 13.2. The van der Waals surface area contributed by atoms with Crippen LogP contribution in [0.4, 0.5) is 0 Å². The number of amides is 1. The molecule has 1 aliphatic heterocycles. The summed E-state index contributed by atoms with van der Waals surface area (Å²) in [6.45, 7) is 4.68. The van der Waals surface area contributed by atoms with E-state index in [0.29, 0.717) is 0 Å². The maximum Gasteiger partial charge on any atom is 0.240 e. The molecule has 0 aromatic heterocycles. The fraction of sp³-hybridized carbons (Fsp3) is 0.562. The van der Waals surface area contributed by atoms with Crippen LogP contribution in [0.15, 0.2) is 24.3 Å². The van der Waals surface area contributed by atoms with E-state index in [1.54, 1.807) is 0 Å². The molecule has 1 aromatic carbocycles. The number of carbonyl (C=O) groups is 1. The highest BCUT2D eigenvalue weighted by molar-refractivity contribution is 5.82. The summed E-state index contributed by atoms with van der Waals surface area (Å²) < 4.78 is 0. The number of carbonyl (C=O) groups excluding carboxylic acids is 1. The Labute approximate surface area is 115 Å². The highest BCUT2D eigenvalue weighted by atomic mass is 16.2. The Morgan fingerprint density at radius 3 is 2.74 bits per heavy atom. The zero-order valence-electron chi connectivity index (χ0n) is 11.6. The average Bonchev–Trinajstić information content (AvgIpc) is 3.27. The maximum atomic E-state index is 12.6. The van der Waals surface area contributed by atoms with Crippen LogP contribution in [0.3, 0.4) is 0 Å². The van der Waals surface area contributed by atoms with Crippen molar-refractivity contribution in [2.75, 3.05) is 13.1 Å². The topological polar surface area (TPSA) is 32.3 Å². The Morgan fingerprint density at radius 1 is 1.32 bits per heavy atom. The lowest BCUT2D eigenvalue weighted by Gasteiger charge is -2.30. The highest BCUT2D eigenvalue weighted by Gasteiger charge is 2.31. The molecule has 1 aliphatic carbocycles. The largest absolute Gasteiger partial charge is 0.341 e. The Kier molecular flexibility index (Phi) is 3.56. The minimum atomic E-state index is -0.0337. The van der Waals surface area contributed by atoms with Gasteiger partial charge in [0.1, 0.15) is 0 Å². The molecule has 3 heteroatoms. The lowest BCUT2D eigenvalue weighted by atomic mass is 9.95. The maximum absolute atomic E-state index is 12.6. The van der Waals surface area contributed by atoms with E-state index in [-0.39, 0.29) is 11.9 Å². The minimum Gasteiger partial charge on any atom is -0.341 e. The van der Waals surface area contributed by atoms with Gasteiger partial charge in [-0.15, -0.1) is 0 Å². The molecule has 1 saturated carbocycles. The summed E-state index contributed by atoms with van der Waals surface area (Å²) in [4.78, 5) is 14.6. The Morgan fingerprint density at radius 2 is 2.05 bits per heavy atom. The van der Waals surface area contributed by atoms with Crippen molar-refractivity contribution in [3.63, 3.8) is 0 Å². The molecule has 1 fully saturated rings. The first-order chi connectivity index (χ1) is 9.28. The number of hydrogen-bond acceptors (Lipinski definition) is 2. The molecule has 3 rings (SSSR count). The van der Waals surface area contributed by atoms with Crippen molar-refractivity contribution >= 4 is 5.91 Å². The zero-order valence-corrected chi connectivity index (χ0v) is 11.6. The Hall–Kier alpha value is -1.35. The first-order valence-electron chi connectivity index (χ1n) is 7.37. The minimum absolute atomic E-state index is 0.0337. The average molecular weight is 258 g/mol. The van der Waals surface area contributed by atoms with Gasteiger partial charge in [0.25, 0.3) is 0 Å². The van der Waals surface area contributed by atoms with Gasteiger partial charge in [-0.05, 0) is 43.2 Å². The molecule has 102 valence electrons. The van der Waals surface area contributed by atoms with Crippen LogP contribution in [-0.2, 0) is 17.8 Å². The number of nitrogens with one attached hydrogen (secondary N) is 1. The number of fused-ring (bicyclic) bond motifs is 1. The molecular formula is C16H22N2O. The van der Waals surface area contributed by atoms with E-state index in [2.05, 4.69) is 36.5 Å². The van der Waals surface area contributed by atoms with Crippen LogP contribution in [0.25, 0.3) is 0 Å². The summed E-state index contributed by atoms with van der Waals surface area (Å²) in [6, 6.07) is 8.38. The van der Waals surface area contributed by atoms with E-state index in [1.165, 1.54) is 24.0 Å². The molecule has 1 aromatic rings. The third kappa shape index (κ3) is 2.81. The van der Waals surface area contributed by atoms with Crippen molar-refractivity contribution < 1.29 is 4.79 Å². The summed E-state index contributed by atoms with van der Waals surface area (Å²) in [7, 11) is 0. The number of likely N-dealkylation sites (N-methyl/N-ethyl adjacent to an activating group) is 1. The van der Waals surface area contributed by atoms with Gasteiger partial charge in [-0.3, -0.25) is 4.79 Å². The van der Waals surface area contributed by atoms with E-state index in [1.807, 2.05) is 4.90 Å². The fourth-order valence-electron chi connectivity index (χ4n) is 2.84. The molecule has 0 saturated heterocycles. The monoisotopic (exact) mass is 258 g/mol. The van der Waals surface area contributed by atoms with Crippen molar-refractivity contribution in [3.8, 4) is 0 Å². The summed E-state index contributed by atoms with van der Waals surface area (Å²) in [6.07, 6.45) is 3.42. The molecule has 1 N–H and O–H groups in total. The van der Waals surface area contributed by atoms with Crippen molar-refractivity contribution in [1.29, 1.82) is 0 Å². The molecule has 0 radical (unpaired) electrons. The number of hydrogen-bond donors (Lipinski definition) is 1. The molecule has 1 unspecified atom stereocenters. The van der Waals surface area contributed by atoms with Gasteiger partial charge in [0.2, 0.25) is 5.91 Å². The van der Waals surface area contributed by atoms with E-state index >= 15 is 0 Å². The van der Waals surface area contributed by atoms with Crippen molar-refractivity contribution in [2.24, 2.45) is 5.92 Å². The van der Waals surface area contributed by atoms with Gasteiger partial charge in [0.05, 0.1) is 6.04 Å². The van der Waals surface area contributed by atoms with Crippen molar-refractivity contribution in [3.05, 3.63) is 35.4 Å². The van der Waals surface area contributed by atoms with Crippen LogP contribution < -0.4 is 5.32 Å². The molecule has 19 heavy (non-hydrogen) atoms. The van der Waals surface area contributed by atoms with Crippen molar-refractivity contribution in [2.45, 2.75) is 38.8 Å². The second-order valence-electron chi connectivity index (χ2n) is 5.73. The molecule has 0 spiro atoms. The van der Waals surface area contributed by atoms with Crippen molar-refractivity contribution in [1.82, 2.24) is 10.2 Å². The van der Waals surface area contributed by atoms with Gasteiger partial charge in [-0.25, -0.2) is 0 Å². The smallest absolute Gasteiger partial charge is 0.240 e. The fourth-order valence-corrected chi connectivity index (χ4v) is 2.84. The number of rotatable bonds is 4. The molecular weight excluding hydrogens is 236 g/mol. The molecule has 1 amide bonds. The van der Waals surface area contributed by atoms with Crippen LogP contribution in [0.1, 0.15) is 30.9 Å². The van der Waals surface area contributed by atoms with Gasteiger partial charge in [-0.1, -0.05) is 24.3 Å². The summed E-state index contributed by atoms with van der Waals surface area (Å²) >= 11 is 0. The normalized spacial score (nSPS) is 21.8. The predicted octanol–water partition coefficient (Wildman–Crippen LogP) is 1.96. The predicted molar refractivity (Wildman–Crippen MR) is 75.8 cm³/mol. The van der Waals surface area contributed by atoms with E-state index < -0.39 is 0 Å². The summed E-state index contributed by atoms with van der Waals surface area (Å²) in [5.74, 6) is 1.05. The third-order valence-electron chi connectivity index (χ3n) is 4.25. The second-order valence-corrected chi connectivity index (χ2v) is 5.73. The summed E-state index contributed by atoms with van der Waals surface area (Å²) in [5, 5.41) is 3.39. The second kappa shape index (κ2) is 5.33. The Balaban J connectivity index is 1.67. The van der Waals surface area contributed by atoms with E-state index in [9.17, 15) is 4.79 Å². The molecule has 1 heterocycles. The van der Waals surface area contributed by atoms with Gasteiger partial charge < -0.3 is 10.2 Å². The van der Waals surface area contributed by atoms with Gasteiger partial charge in [0.15, 0.2) is 0 Å². The summed E-state index contributed by atoms with van der Waals surface area (Å²) in [5.41, 5.74) is 2.65. The first kappa shape index (κ1) is 12.7. The van der Waals surface area contributed by atoms with Gasteiger partial charge >= 0.3 is 0 Å². The van der Waals surface area contributed by atoms with E-state index in [4.69, 9.17) is 0 Å². The standard InChI is InChI=1S/C16H22N2O/c1-2-18(11-12-7-8-12)16(19)15-9-13-5-3-4-6-14(13)10-17-15/h3-6,12,15,17H,2,7-11H2,1H3. The first-order valence-corrected chi connectivity index (χ1v) is 7.37. The molecule has 3 nitrogen and oxygen atoms in total. The lowest BCUT2D eigenvalue weighted by molar-refractivity contribution is -0.133. The molecule has 1 atom stereocenters. The van der Waals surface area contributed by atoms with Crippen LogP contribution in [0.2, 0.25) is 0 Å². The molecule has 2 aliphatic rings. The van der Waals surface area contributed by atoms with Crippen LogP contribution in [0, 0.1) is 5.92 Å². The van der Waals surface area contributed by atoms with Crippen LogP contribution >= 0.6 is 0 Å². The van der Waals surface area contributed by atoms with Crippen LogP contribution in [0.5, 0.6) is 0 Å². The highest BCUT2D eigenvalue weighted by Crippen LogP contribution is 2.30. The van der Waals surface area contributed by atoms with Crippen LogP contribution in [-0.4, -0.2) is 29.9 Å². The Bertz CT molecular complexity index is 468. The van der Waals surface area contributed by atoms with Gasteiger partial charge in [-0.2, -0.15) is 0 Å². The number of nitrogens with zero attached hydrogens (tertiary/aromatic N) is 1. The molecule has 0 bridgehead atoms. The lowest BCUT2D eigenvalue weighted by Crippen LogP contribution is -2.49. The number of benzene rings is 1. The quantitative estimate of drug-likeness (QED) is 0.895. The third-order valence-corrected chi connectivity index (χ3v) is 4.25.